The van der Waals surface area contributed by atoms with Crippen molar-refractivity contribution in [1.82, 2.24) is 5.32 Å². The maximum Gasteiger partial charge on any atom is 0.307 e. The summed E-state index contributed by atoms with van der Waals surface area (Å²) in [7, 11) is 0. The van der Waals surface area contributed by atoms with Gasteiger partial charge in [0.1, 0.15) is 6.10 Å². The smallest absolute Gasteiger partial charge is 0.307 e. The van der Waals surface area contributed by atoms with Crippen LogP contribution in [0.5, 0.6) is 0 Å². The fourth-order valence-electron chi connectivity index (χ4n) is 7.75. The average molecular weight is 430 g/mol. The van der Waals surface area contributed by atoms with Crippen molar-refractivity contribution < 1.29 is 19.1 Å². The molecule has 4 rings (SSSR count). The number of amides is 1. The Balaban J connectivity index is 1.39. The van der Waals surface area contributed by atoms with E-state index in [4.69, 9.17) is 4.74 Å². The van der Waals surface area contributed by atoms with E-state index < -0.39 is 0 Å². The standard InChI is InChI=1S/C26H39NO4/c1-4-5-23(29)27-13-12-24(30)31-22-11-10-21-20-8-6-17-14-18(28)7-9-19(17)25(20)16(2)15-26(21,22)3/h14,16,19-22,25H,4-13,15H2,1-3H3,(H,27,29). The van der Waals surface area contributed by atoms with Crippen LogP contribution in [-0.4, -0.2) is 30.3 Å². The van der Waals surface area contributed by atoms with Crippen molar-refractivity contribution in [2.45, 2.75) is 91.1 Å². The topological polar surface area (TPSA) is 72.5 Å². The van der Waals surface area contributed by atoms with Gasteiger partial charge in [0.15, 0.2) is 5.78 Å². The van der Waals surface area contributed by atoms with Gasteiger partial charge in [0, 0.05) is 24.8 Å². The van der Waals surface area contributed by atoms with E-state index in [0.29, 0.717) is 54.8 Å². The molecule has 172 valence electrons. The van der Waals surface area contributed by atoms with E-state index >= 15 is 0 Å². The van der Waals surface area contributed by atoms with Crippen molar-refractivity contribution in [2.24, 2.45) is 35.0 Å². The van der Waals surface area contributed by atoms with E-state index in [2.05, 4.69) is 19.2 Å². The van der Waals surface area contributed by atoms with Crippen LogP contribution in [0.25, 0.3) is 0 Å². The van der Waals surface area contributed by atoms with E-state index in [1.54, 1.807) is 0 Å². The predicted octanol–water partition coefficient (Wildman–Crippen LogP) is 4.59. The molecule has 4 aliphatic rings. The van der Waals surface area contributed by atoms with E-state index in [1.165, 1.54) is 12.0 Å². The molecule has 0 heterocycles. The van der Waals surface area contributed by atoms with Gasteiger partial charge in [-0.15, -0.1) is 0 Å². The molecule has 5 nitrogen and oxygen atoms in total. The molecule has 1 N–H and O–H groups in total. The van der Waals surface area contributed by atoms with Gasteiger partial charge in [-0.05, 0) is 80.6 Å². The van der Waals surface area contributed by atoms with Gasteiger partial charge < -0.3 is 10.1 Å². The van der Waals surface area contributed by atoms with Crippen LogP contribution in [-0.2, 0) is 19.1 Å². The Morgan fingerprint density at radius 2 is 1.97 bits per heavy atom. The average Bonchev–Trinajstić information content (AvgIpc) is 3.03. The van der Waals surface area contributed by atoms with Gasteiger partial charge in [-0.25, -0.2) is 0 Å². The first-order chi connectivity index (χ1) is 14.8. The Labute approximate surface area is 186 Å². The lowest BCUT2D eigenvalue weighted by atomic mass is 9.49. The van der Waals surface area contributed by atoms with Crippen LogP contribution in [0.3, 0.4) is 0 Å². The molecule has 0 saturated heterocycles. The van der Waals surface area contributed by atoms with Crippen LogP contribution in [0.1, 0.15) is 85.0 Å². The lowest BCUT2D eigenvalue weighted by Gasteiger charge is -2.56. The molecule has 0 aromatic rings. The number of ether oxygens (including phenoxy) is 1. The minimum Gasteiger partial charge on any atom is -0.462 e. The third-order valence-electron chi connectivity index (χ3n) is 8.91. The fourth-order valence-corrected chi connectivity index (χ4v) is 7.75. The maximum atomic E-state index is 12.5. The summed E-state index contributed by atoms with van der Waals surface area (Å²) in [6.45, 7) is 7.08. The first-order valence-electron chi connectivity index (χ1n) is 12.5. The number of allylic oxidation sites excluding steroid dienone is 1. The minimum atomic E-state index is -0.182. The number of esters is 1. The Morgan fingerprint density at radius 3 is 2.74 bits per heavy atom. The summed E-state index contributed by atoms with van der Waals surface area (Å²) in [6.07, 6.45) is 10.7. The number of carbonyl (C=O) groups excluding carboxylic acids is 3. The number of hydrogen-bond donors (Lipinski definition) is 1. The molecule has 0 aliphatic heterocycles. The molecule has 7 atom stereocenters. The maximum absolute atomic E-state index is 12.5. The summed E-state index contributed by atoms with van der Waals surface area (Å²) in [6, 6.07) is 0. The SMILES string of the molecule is CCCC(=O)NCCC(=O)OC1CCC2C3CCC4=CC(=O)CCC4C3C(C)CC12C. The fraction of sp³-hybridized carbons (Fsp3) is 0.808. The van der Waals surface area contributed by atoms with Gasteiger partial charge in [-0.3, -0.25) is 14.4 Å². The van der Waals surface area contributed by atoms with Crippen LogP contribution in [0.4, 0.5) is 0 Å². The Kier molecular flexibility index (Phi) is 6.60. The monoisotopic (exact) mass is 429 g/mol. The molecular weight excluding hydrogens is 390 g/mol. The van der Waals surface area contributed by atoms with Crippen molar-refractivity contribution in [2.75, 3.05) is 6.54 Å². The van der Waals surface area contributed by atoms with Crippen LogP contribution in [0.2, 0.25) is 0 Å². The Bertz CT molecular complexity index is 759. The molecule has 0 aromatic carbocycles. The molecule has 5 heteroatoms. The quantitative estimate of drug-likeness (QED) is 0.627. The molecule has 31 heavy (non-hydrogen) atoms. The summed E-state index contributed by atoms with van der Waals surface area (Å²) in [5.41, 5.74) is 1.46. The van der Waals surface area contributed by atoms with Gasteiger partial charge in [0.25, 0.3) is 0 Å². The van der Waals surface area contributed by atoms with Crippen molar-refractivity contribution in [3.63, 3.8) is 0 Å². The highest BCUT2D eigenvalue weighted by molar-refractivity contribution is 5.91. The number of carbonyl (C=O) groups is 3. The third kappa shape index (κ3) is 4.34. The summed E-state index contributed by atoms with van der Waals surface area (Å²) in [5.74, 6) is 3.27. The molecule has 7 unspecified atom stereocenters. The predicted molar refractivity (Wildman–Crippen MR) is 119 cm³/mol. The highest BCUT2D eigenvalue weighted by atomic mass is 16.5. The van der Waals surface area contributed by atoms with Crippen LogP contribution in [0, 0.1) is 35.0 Å². The normalized spacial score (nSPS) is 39.1. The van der Waals surface area contributed by atoms with Crippen molar-refractivity contribution in [1.29, 1.82) is 0 Å². The van der Waals surface area contributed by atoms with Crippen LogP contribution < -0.4 is 5.32 Å². The number of ketones is 1. The Hall–Kier alpha value is -1.65. The summed E-state index contributed by atoms with van der Waals surface area (Å²) >= 11 is 0. The molecule has 0 spiro atoms. The Morgan fingerprint density at radius 1 is 1.16 bits per heavy atom. The lowest BCUT2D eigenvalue weighted by molar-refractivity contribution is -0.161. The number of fused-ring (bicyclic) bond motifs is 5. The molecule has 0 radical (unpaired) electrons. The molecule has 0 bridgehead atoms. The lowest BCUT2D eigenvalue weighted by Crippen LogP contribution is -2.51. The van der Waals surface area contributed by atoms with E-state index in [-0.39, 0.29) is 29.8 Å². The third-order valence-corrected chi connectivity index (χ3v) is 8.91. The minimum absolute atomic E-state index is 0.00506. The summed E-state index contributed by atoms with van der Waals surface area (Å²) in [4.78, 5) is 36.1. The summed E-state index contributed by atoms with van der Waals surface area (Å²) in [5, 5.41) is 2.81. The second kappa shape index (κ2) is 9.07. The molecule has 0 aromatic heterocycles. The molecule has 3 saturated carbocycles. The van der Waals surface area contributed by atoms with Gasteiger partial charge in [0.05, 0.1) is 6.42 Å². The molecule has 3 fully saturated rings. The van der Waals surface area contributed by atoms with Gasteiger partial charge >= 0.3 is 5.97 Å². The molecule has 4 aliphatic carbocycles. The number of rotatable bonds is 6. The second-order valence-electron chi connectivity index (χ2n) is 10.8. The van der Waals surface area contributed by atoms with E-state index in [9.17, 15) is 14.4 Å². The first kappa shape index (κ1) is 22.5. The number of nitrogens with one attached hydrogen (secondary N) is 1. The van der Waals surface area contributed by atoms with Crippen molar-refractivity contribution in [3.8, 4) is 0 Å². The van der Waals surface area contributed by atoms with E-state index in [1.807, 2.05) is 13.0 Å². The van der Waals surface area contributed by atoms with E-state index in [0.717, 1.165) is 38.5 Å². The highest BCUT2D eigenvalue weighted by Crippen LogP contribution is 2.63. The highest BCUT2D eigenvalue weighted by Gasteiger charge is 2.59. The van der Waals surface area contributed by atoms with Crippen molar-refractivity contribution in [3.05, 3.63) is 11.6 Å². The molecular formula is C26H39NO4. The van der Waals surface area contributed by atoms with Crippen LogP contribution >= 0.6 is 0 Å². The van der Waals surface area contributed by atoms with Gasteiger partial charge in [-0.1, -0.05) is 26.3 Å². The number of hydrogen-bond acceptors (Lipinski definition) is 4. The van der Waals surface area contributed by atoms with Gasteiger partial charge in [0.2, 0.25) is 5.91 Å². The molecule has 1 amide bonds. The first-order valence-corrected chi connectivity index (χ1v) is 12.5. The van der Waals surface area contributed by atoms with Crippen molar-refractivity contribution >= 4 is 17.7 Å². The zero-order valence-corrected chi connectivity index (χ0v) is 19.5. The zero-order chi connectivity index (χ0) is 22.2. The largest absolute Gasteiger partial charge is 0.462 e. The summed E-state index contributed by atoms with van der Waals surface area (Å²) < 4.78 is 6.03. The van der Waals surface area contributed by atoms with Crippen LogP contribution in [0.15, 0.2) is 11.6 Å². The second-order valence-corrected chi connectivity index (χ2v) is 10.8. The zero-order valence-electron chi connectivity index (χ0n) is 19.5. The van der Waals surface area contributed by atoms with Gasteiger partial charge in [-0.2, -0.15) is 0 Å².